The van der Waals surface area contributed by atoms with Crippen LogP contribution in [0.15, 0.2) is 23.1 Å². The fourth-order valence-electron chi connectivity index (χ4n) is 2.98. The van der Waals surface area contributed by atoms with Gasteiger partial charge in [0.2, 0.25) is 20.0 Å². The highest BCUT2D eigenvalue weighted by Crippen LogP contribution is 2.31. The van der Waals surface area contributed by atoms with Crippen LogP contribution >= 0.6 is 0 Å². The first-order chi connectivity index (χ1) is 10.8. The van der Waals surface area contributed by atoms with Crippen molar-refractivity contribution in [2.45, 2.75) is 17.7 Å². The molecule has 0 atom stereocenters. The van der Waals surface area contributed by atoms with Gasteiger partial charge in [-0.2, -0.15) is 4.31 Å². The van der Waals surface area contributed by atoms with Crippen LogP contribution in [-0.2, 0) is 31.2 Å². The lowest BCUT2D eigenvalue weighted by atomic mass is 10.0. The van der Waals surface area contributed by atoms with Crippen molar-refractivity contribution >= 4 is 25.7 Å². The lowest BCUT2D eigenvalue weighted by molar-refractivity contribution is 0.0730. The minimum Gasteiger partial charge on any atom is -0.379 e. The Balaban J connectivity index is 1.98. The topological polar surface area (TPSA) is 84.0 Å². The molecule has 0 saturated carbocycles. The third kappa shape index (κ3) is 3.23. The average molecular weight is 360 g/mol. The molecule has 0 bridgehead atoms. The summed E-state index contributed by atoms with van der Waals surface area (Å²) in [5.41, 5.74) is 1.34. The molecule has 0 radical (unpaired) electrons. The molecular formula is C14H20N2O5S2. The Morgan fingerprint density at radius 2 is 1.74 bits per heavy atom. The van der Waals surface area contributed by atoms with Crippen molar-refractivity contribution in [3.05, 3.63) is 23.8 Å². The number of fused-ring (bicyclic) bond motifs is 1. The minimum absolute atomic E-state index is 0.216. The molecule has 0 aliphatic carbocycles. The standard InChI is InChI=1S/C14H20N2O5S2/c1-22(17,18)16-6-2-3-12-11-13(4-5-14(12)16)23(19,20)15-7-9-21-10-8-15/h4-5,11H,2-3,6-10H2,1H3. The largest absolute Gasteiger partial charge is 0.379 e. The van der Waals surface area contributed by atoms with Crippen LogP contribution in [0, 0.1) is 0 Å². The van der Waals surface area contributed by atoms with E-state index < -0.39 is 20.0 Å². The number of hydrogen-bond acceptors (Lipinski definition) is 5. The highest BCUT2D eigenvalue weighted by molar-refractivity contribution is 7.92. The first-order valence-corrected chi connectivity index (χ1v) is 10.8. The lowest BCUT2D eigenvalue weighted by Crippen LogP contribution is -2.40. The number of sulfonamides is 2. The molecule has 0 unspecified atom stereocenters. The van der Waals surface area contributed by atoms with E-state index >= 15 is 0 Å². The molecule has 0 amide bonds. The monoisotopic (exact) mass is 360 g/mol. The molecule has 0 spiro atoms. The normalized spacial score (nSPS) is 20.3. The van der Waals surface area contributed by atoms with Gasteiger partial charge in [-0.3, -0.25) is 4.31 Å². The summed E-state index contributed by atoms with van der Waals surface area (Å²) in [7, 11) is -6.91. The van der Waals surface area contributed by atoms with Gasteiger partial charge in [0.1, 0.15) is 0 Å². The zero-order chi connectivity index (χ0) is 16.7. The highest BCUT2D eigenvalue weighted by atomic mass is 32.2. The quantitative estimate of drug-likeness (QED) is 0.780. The van der Waals surface area contributed by atoms with Gasteiger partial charge >= 0.3 is 0 Å². The van der Waals surface area contributed by atoms with Crippen molar-refractivity contribution in [2.24, 2.45) is 0 Å². The molecule has 1 aromatic carbocycles. The fourth-order valence-corrected chi connectivity index (χ4v) is 5.44. The predicted octanol–water partition coefficient (Wildman–Crippen LogP) is 0.420. The van der Waals surface area contributed by atoms with E-state index in [1.54, 1.807) is 12.1 Å². The number of hydrogen-bond donors (Lipinski definition) is 0. The molecule has 1 saturated heterocycles. The Morgan fingerprint density at radius 1 is 1.04 bits per heavy atom. The Labute approximate surface area is 136 Å². The summed E-state index contributed by atoms with van der Waals surface area (Å²) < 4.78 is 57.1. The predicted molar refractivity (Wildman–Crippen MR) is 86.5 cm³/mol. The van der Waals surface area contributed by atoms with Crippen LogP contribution in [0.2, 0.25) is 0 Å². The van der Waals surface area contributed by atoms with Crippen LogP contribution in [0.1, 0.15) is 12.0 Å². The first kappa shape index (κ1) is 16.7. The average Bonchev–Trinajstić information content (AvgIpc) is 2.53. The minimum atomic E-state index is -3.56. The van der Waals surface area contributed by atoms with E-state index in [9.17, 15) is 16.8 Å². The van der Waals surface area contributed by atoms with E-state index in [0.717, 1.165) is 5.56 Å². The molecule has 2 heterocycles. The van der Waals surface area contributed by atoms with Gasteiger partial charge in [0, 0.05) is 19.6 Å². The van der Waals surface area contributed by atoms with Gasteiger partial charge in [0.15, 0.2) is 0 Å². The van der Waals surface area contributed by atoms with E-state index in [2.05, 4.69) is 0 Å². The van der Waals surface area contributed by atoms with Crippen LogP contribution in [0.3, 0.4) is 0 Å². The summed E-state index contributed by atoms with van der Waals surface area (Å²) in [5.74, 6) is 0. The van der Waals surface area contributed by atoms with Gasteiger partial charge in [-0.25, -0.2) is 16.8 Å². The number of aryl methyl sites for hydroxylation is 1. The number of morpholine rings is 1. The van der Waals surface area contributed by atoms with Crippen molar-refractivity contribution < 1.29 is 21.6 Å². The number of nitrogens with zero attached hydrogens (tertiary/aromatic N) is 2. The van der Waals surface area contributed by atoms with Gasteiger partial charge < -0.3 is 4.74 Å². The van der Waals surface area contributed by atoms with E-state index in [4.69, 9.17) is 4.74 Å². The van der Waals surface area contributed by atoms with Crippen LogP contribution in [0.4, 0.5) is 5.69 Å². The molecule has 2 aliphatic rings. The maximum atomic E-state index is 12.7. The molecule has 2 aliphatic heterocycles. The Hall–Kier alpha value is -1.16. The highest BCUT2D eigenvalue weighted by Gasteiger charge is 2.29. The second-order valence-electron chi connectivity index (χ2n) is 5.75. The number of rotatable bonds is 3. The summed E-state index contributed by atoms with van der Waals surface area (Å²) in [6.45, 7) is 1.91. The third-order valence-corrected chi connectivity index (χ3v) is 7.21. The van der Waals surface area contributed by atoms with Gasteiger partial charge in [0.05, 0.1) is 30.1 Å². The van der Waals surface area contributed by atoms with Crippen molar-refractivity contribution in [3.63, 3.8) is 0 Å². The van der Waals surface area contributed by atoms with Crippen molar-refractivity contribution in [1.82, 2.24) is 4.31 Å². The number of benzene rings is 1. The van der Waals surface area contributed by atoms with Crippen molar-refractivity contribution in [1.29, 1.82) is 0 Å². The second kappa shape index (κ2) is 6.04. The van der Waals surface area contributed by atoms with Crippen LogP contribution in [0.25, 0.3) is 0 Å². The van der Waals surface area contributed by atoms with Crippen molar-refractivity contribution in [2.75, 3.05) is 43.4 Å². The van der Waals surface area contributed by atoms with E-state index in [1.807, 2.05) is 0 Å². The van der Waals surface area contributed by atoms with Crippen LogP contribution in [0.5, 0.6) is 0 Å². The number of ether oxygens (including phenoxy) is 1. The molecule has 9 heteroatoms. The summed E-state index contributed by atoms with van der Waals surface area (Å²) in [4.78, 5) is 0.216. The molecular weight excluding hydrogens is 340 g/mol. The first-order valence-electron chi connectivity index (χ1n) is 7.49. The summed E-state index contributed by atoms with van der Waals surface area (Å²) >= 11 is 0. The molecule has 3 rings (SSSR count). The van der Waals surface area contributed by atoms with Gasteiger partial charge in [-0.15, -0.1) is 0 Å². The molecule has 1 aromatic rings. The van der Waals surface area contributed by atoms with Crippen LogP contribution < -0.4 is 4.31 Å². The Morgan fingerprint density at radius 3 is 2.39 bits per heavy atom. The summed E-state index contributed by atoms with van der Waals surface area (Å²) in [5, 5.41) is 0. The maximum absolute atomic E-state index is 12.7. The second-order valence-corrected chi connectivity index (χ2v) is 9.59. The van der Waals surface area contributed by atoms with Crippen molar-refractivity contribution in [3.8, 4) is 0 Å². The van der Waals surface area contributed by atoms with Gasteiger partial charge in [-0.05, 0) is 36.6 Å². The van der Waals surface area contributed by atoms with E-state index in [0.29, 0.717) is 51.4 Å². The van der Waals surface area contributed by atoms with Gasteiger partial charge in [0.25, 0.3) is 0 Å². The van der Waals surface area contributed by atoms with Crippen LogP contribution in [-0.4, -0.2) is 60.2 Å². The smallest absolute Gasteiger partial charge is 0.243 e. The Kier molecular flexibility index (Phi) is 4.39. The molecule has 7 nitrogen and oxygen atoms in total. The molecule has 0 aromatic heterocycles. The summed E-state index contributed by atoms with van der Waals surface area (Å²) in [6, 6.07) is 4.70. The zero-order valence-electron chi connectivity index (χ0n) is 12.9. The summed E-state index contributed by atoms with van der Waals surface area (Å²) in [6.07, 6.45) is 2.52. The fraction of sp³-hybridized carbons (Fsp3) is 0.571. The Bertz CT molecular complexity index is 798. The zero-order valence-corrected chi connectivity index (χ0v) is 14.6. The maximum Gasteiger partial charge on any atom is 0.243 e. The SMILES string of the molecule is CS(=O)(=O)N1CCCc2cc(S(=O)(=O)N3CCOCC3)ccc21. The number of anilines is 1. The third-order valence-electron chi connectivity index (χ3n) is 4.14. The van der Waals surface area contributed by atoms with E-state index in [-0.39, 0.29) is 4.90 Å². The molecule has 0 N–H and O–H groups in total. The molecule has 23 heavy (non-hydrogen) atoms. The molecule has 1 fully saturated rings. The van der Waals surface area contributed by atoms with Gasteiger partial charge in [-0.1, -0.05) is 0 Å². The van der Waals surface area contributed by atoms with E-state index in [1.165, 1.54) is 20.9 Å². The lowest BCUT2D eigenvalue weighted by Gasteiger charge is -2.30. The molecule has 128 valence electrons.